The minimum absolute atomic E-state index is 0.0778. The molecule has 1 fully saturated rings. The van der Waals surface area contributed by atoms with Gasteiger partial charge in [-0.1, -0.05) is 11.6 Å². The first-order valence-electron chi connectivity index (χ1n) is 7.02. The van der Waals surface area contributed by atoms with Gasteiger partial charge in [-0.3, -0.25) is 9.59 Å². The fraction of sp³-hybridized carbons (Fsp3) is 0.333. The van der Waals surface area contributed by atoms with Crippen LogP contribution in [-0.2, 0) is 0 Å². The topological polar surface area (TPSA) is 62.6 Å². The monoisotopic (exact) mass is 338 g/mol. The molecule has 1 aliphatic heterocycles. The van der Waals surface area contributed by atoms with Gasteiger partial charge in [0.05, 0.1) is 15.5 Å². The predicted molar refractivity (Wildman–Crippen MR) is 84.4 cm³/mol. The molecule has 7 heteroatoms. The normalized spacial score (nSPS) is 15.8. The fourth-order valence-electron chi connectivity index (χ4n) is 2.48. The van der Waals surface area contributed by atoms with E-state index in [-0.39, 0.29) is 17.9 Å². The largest absolute Gasteiger partial charge is 0.459 e. The van der Waals surface area contributed by atoms with E-state index < -0.39 is 0 Å². The van der Waals surface area contributed by atoms with Crippen LogP contribution in [0.15, 0.2) is 34.9 Å². The highest BCUT2D eigenvalue weighted by Gasteiger charge is 2.26. The first-order valence-corrected chi connectivity index (χ1v) is 8.22. The molecule has 116 valence electrons. The molecule has 3 heterocycles. The van der Waals surface area contributed by atoms with E-state index in [1.807, 2.05) is 0 Å². The van der Waals surface area contributed by atoms with Crippen molar-refractivity contribution in [3.8, 4) is 0 Å². The van der Waals surface area contributed by atoms with Crippen LogP contribution in [0.25, 0.3) is 0 Å². The molecule has 0 atom stereocenters. The molecule has 0 aliphatic carbocycles. The summed E-state index contributed by atoms with van der Waals surface area (Å²) >= 11 is 7.10. The van der Waals surface area contributed by atoms with E-state index in [1.165, 1.54) is 17.6 Å². The fourth-order valence-corrected chi connectivity index (χ4v) is 3.42. The highest BCUT2D eigenvalue weighted by Crippen LogP contribution is 2.22. The molecule has 0 radical (unpaired) electrons. The number of amides is 2. The number of piperidine rings is 1. The lowest BCUT2D eigenvalue weighted by Crippen LogP contribution is -2.46. The maximum Gasteiger partial charge on any atom is 0.289 e. The summed E-state index contributed by atoms with van der Waals surface area (Å²) in [6.45, 7) is 1.21. The summed E-state index contributed by atoms with van der Waals surface area (Å²) in [6.07, 6.45) is 2.96. The molecule has 2 amide bonds. The Hall–Kier alpha value is -1.79. The summed E-state index contributed by atoms with van der Waals surface area (Å²) in [7, 11) is 0. The lowest BCUT2D eigenvalue weighted by molar-refractivity contribution is 0.0667. The van der Waals surface area contributed by atoms with E-state index >= 15 is 0 Å². The average Bonchev–Trinajstić information content (AvgIpc) is 3.18. The SMILES string of the molecule is O=C(NC1CCN(C(=O)c2ccco2)CC1)c1ccc(Cl)s1. The van der Waals surface area contributed by atoms with E-state index in [9.17, 15) is 9.59 Å². The van der Waals surface area contributed by atoms with Gasteiger partial charge in [0.1, 0.15) is 0 Å². The van der Waals surface area contributed by atoms with Gasteiger partial charge >= 0.3 is 0 Å². The van der Waals surface area contributed by atoms with Crippen LogP contribution in [0.5, 0.6) is 0 Å². The van der Waals surface area contributed by atoms with Crippen molar-refractivity contribution in [2.45, 2.75) is 18.9 Å². The van der Waals surface area contributed by atoms with Crippen LogP contribution in [0.1, 0.15) is 33.1 Å². The Morgan fingerprint density at radius 3 is 2.64 bits per heavy atom. The van der Waals surface area contributed by atoms with Crippen molar-refractivity contribution < 1.29 is 14.0 Å². The summed E-state index contributed by atoms with van der Waals surface area (Å²) < 4.78 is 5.73. The van der Waals surface area contributed by atoms with Gasteiger partial charge in [0.15, 0.2) is 5.76 Å². The van der Waals surface area contributed by atoms with Crippen LogP contribution in [0.3, 0.4) is 0 Å². The first-order chi connectivity index (χ1) is 10.6. The van der Waals surface area contributed by atoms with E-state index in [1.54, 1.807) is 29.2 Å². The Morgan fingerprint density at radius 2 is 2.05 bits per heavy atom. The van der Waals surface area contributed by atoms with Gasteiger partial charge in [-0.15, -0.1) is 11.3 Å². The molecular weight excluding hydrogens is 324 g/mol. The molecule has 1 N–H and O–H groups in total. The molecule has 0 spiro atoms. The Bertz CT molecular complexity index is 660. The van der Waals surface area contributed by atoms with Gasteiger partial charge in [-0.25, -0.2) is 0 Å². The van der Waals surface area contributed by atoms with Crippen molar-refractivity contribution in [3.05, 3.63) is 45.5 Å². The van der Waals surface area contributed by atoms with E-state index in [0.29, 0.717) is 28.1 Å². The number of nitrogens with one attached hydrogen (secondary N) is 1. The summed E-state index contributed by atoms with van der Waals surface area (Å²) in [5, 5.41) is 2.99. The zero-order chi connectivity index (χ0) is 15.5. The Morgan fingerprint density at radius 1 is 1.27 bits per heavy atom. The minimum atomic E-state index is -0.104. The van der Waals surface area contributed by atoms with Crippen LogP contribution < -0.4 is 5.32 Å². The smallest absolute Gasteiger partial charge is 0.289 e. The Balaban J connectivity index is 1.51. The molecule has 0 unspecified atom stereocenters. The maximum absolute atomic E-state index is 12.1. The number of hydrogen-bond donors (Lipinski definition) is 1. The molecule has 0 bridgehead atoms. The van der Waals surface area contributed by atoms with Crippen LogP contribution in [0, 0.1) is 0 Å². The Labute approximate surface area is 136 Å². The van der Waals surface area contributed by atoms with E-state index in [4.69, 9.17) is 16.0 Å². The van der Waals surface area contributed by atoms with Gasteiger partial charge in [-0.2, -0.15) is 0 Å². The third-order valence-corrected chi connectivity index (χ3v) is 4.88. The van der Waals surface area contributed by atoms with Gasteiger partial charge in [0, 0.05) is 19.1 Å². The zero-order valence-electron chi connectivity index (χ0n) is 11.8. The van der Waals surface area contributed by atoms with E-state index in [0.717, 1.165) is 12.8 Å². The van der Waals surface area contributed by atoms with Crippen molar-refractivity contribution in [1.29, 1.82) is 0 Å². The highest BCUT2D eigenvalue weighted by atomic mass is 35.5. The zero-order valence-corrected chi connectivity index (χ0v) is 13.3. The van der Waals surface area contributed by atoms with Crippen molar-refractivity contribution in [2.24, 2.45) is 0 Å². The second kappa shape index (κ2) is 6.54. The summed E-state index contributed by atoms with van der Waals surface area (Å²) in [5.41, 5.74) is 0. The van der Waals surface area contributed by atoms with Crippen molar-refractivity contribution in [1.82, 2.24) is 10.2 Å². The molecule has 2 aromatic rings. The number of halogens is 1. The number of thiophene rings is 1. The standard InChI is InChI=1S/C15H15ClN2O3S/c16-13-4-3-12(22-13)14(19)17-10-5-7-18(8-6-10)15(20)11-2-1-9-21-11/h1-4,9-10H,5-8H2,(H,17,19). The predicted octanol–water partition coefficient (Wildman–Crippen LogP) is 3.03. The molecule has 5 nitrogen and oxygen atoms in total. The first kappa shape index (κ1) is 15.1. The summed E-state index contributed by atoms with van der Waals surface area (Å²) in [4.78, 5) is 26.6. The molecule has 3 rings (SSSR count). The second-order valence-corrected chi connectivity index (χ2v) is 6.84. The number of hydrogen-bond acceptors (Lipinski definition) is 4. The lowest BCUT2D eigenvalue weighted by Gasteiger charge is -2.31. The number of likely N-dealkylation sites (tertiary alicyclic amines) is 1. The third kappa shape index (κ3) is 3.34. The molecule has 2 aromatic heterocycles. The van der Waals surface area contributed by atoms with E-state index in [2.05, 4.69) is 5.32 Å². The molecule has 0 aromatic carbocycles. The number of carbonyl (C=O) groups excluding carboxylic acids is 2. The van der Waals surface area contributed by atoms with Crippen LogP contribution in [-0.4, -0.2) is 35.8 Å². The van der Waals surface area contributed by atoms with Gasteiger partial charge in [0.2, 0.25) is 0 Å². The molecule has 1 aliphatic rings. The van der Waals surface area contributed by atoms with Crippen molar-refractivity contribution >= 4 is 34.8 Å². The number of rotatable bonds is 3. The molecular formula is C15H15ClN2O3S. The van der Waals surface area contributed by atoms with Crippen LogP contribution in [0.2, 0.25) is 4.34 Å². The maximum atomic E-state index is 12.1. The second-order valence-electron chi connectivity index (χ2n) is 5.12. The summed E-state index contributed by atoms with van der Waals surface area (Å²) in [5.74, 6) is 0.156. The summed E-state index contributed by atoms with van der Waals surface area (Å²) in [6, 6.07) is 6.88. The Kier molecular flexibility index (Phi) is 4.49. The number of nitrogens with zero attached hydrogens (tertiary/aromatic N) is 1. The van der Waals surface area contributed by atoms with Crippen LogP contribution in [0.4, 0.5) is 0 Å². The average molecular weight is 339 g/mol. The quantitative estimate of drug-likeness (QED) is 0.935. The van der Waals surface area contributed by atoms with Gasteiger partial charge < -0.3 is 14.6 Å². The third-order valence-electron chi connectivity index (χ3n) is 3.65. The number of furan rings is 1. The van der Waals surface area contributed by atoms with Crippen molar-refractivity contribution in [2.75, 3.05) is 13.1 Å². The number of carbonyl (C=O) groups is 2. The van der Waals surface area contributed by atoms with Gasteiger partial charge in [-0.05, 0) is 37.1 Å². The molecule has 0 saturated carbocycles. The van der Waals surface area contributed by atoms with Crippen LogP contribution >= 0.6 is 22.9 Å². The van der Waals surface area contributed by atoms with Gasteiger partial charge in [0.25, 0.3) is 11.8 Å². The molecule has 1 saturated heterocycles. The highest BCUT2D eigenvalue weighted by molar-refractivity contribution is 7.17. The van der Waals surface area contributed by atoms with Crippen molar-refractivity contribution in [3.63, 3.8) is 0 Å². The molecule has 22 heavy (non-hydrogen) atoms. The minimum Gasteiger partial charge on any atom is -0.459 e. The lowest BCUT2D eigenvalue weighted by atomic mass is 10.0.